The highest BCUT2D eigenvalue weighted by Crippen LogP contribution is 2.11. The number of ketones is 1. The molecular weight excluding hydrogens is 126 g/mol. The number of carbonyl (C=O) groups is 1. The van der Waals surface area contributed by atoms with Crippen LogP contribution in [0.2, 0.25) is 0 Å². The Morgan fingerprint density at radius 1 is 1.50 bits per heavy atom. The lowest BCUT2D eigenvalue weighted by molar-refractivity contribution is 0.0987. The van der Waals surface area contributed by atoms with Gasteiger partial charge in [-0.25, -0.2) is 0 Å². The molecule has 2 rings (SSSR count). The van der Waals surface area contributed by atoms with Gasteiger partial charge in [-0.15, -0.1) is 0 Å². The second kappa shape index (κ2) is 1.84. The molecule has 2 heteroatoms. The molecule has 0 saturated heterocycles. The number of fused-ring (bicyclic) bond motifs is 1. The monoisotopic (exact) mass is 133 g/mol. The van der Waals surface area contributed by atoms with Crippen LogP contribution in [0.4, 0.5) is 0 Å². The van der Waals surface area contributed by atoms with Crippen molar-refractivity contribution in [2.24, 2.45) is 0 Å². The molecule has 1 aromatic heterocycles. The van der Waals surface area contributed by atoms with Gasteiger partial charge in [-0.1, -0.05) is 6.08 Å². The summed E-state index contributed by atoms with van der Waals surface area (Å²) in [5.74, 6) is 0.201. The van der Waals surface area contributed by atoms with Gasteiger partial charge >= 0.3 is 0 Å². The summed E-state index contributed by atoms with van der Waals surface area (Å²) in [6.07, 6.45) is 6.21. The largest absolute Gasteiger partial charge is 0.321 e. The molecule has 0 spiro atoms. The van der Waals surface area contributed by atoms with Gasteiger partial charge in [0, 0.05) is 18.8 Å². The van der Waals surface area contributed by atoms with E-state index in [9.17, 15) is 4.79 Å². The van der Waals surface area contributed by atoms with Crippen molar-refractivity contribution in [2.45, 2.75) is 6.42 Å². The lowest BCUT2D eigenvalue weighted by Gasteiger charge is -2.05. The van der Waals surface area contributed by atoms with Gasteiger partial charge in [0.2, 0.25) is 0 Å². The molecule has 2 nitrogen and oxygen atoms in total. The number of hydrogen-bond donors (Lipinski definition) is 0. The molecule has 0 aromatic carbocycles. The lowest BCUT2D eigenvalue weighted by atomic mass is 10.2. The molecule has 0 fully saturated rings. The minimum absolute atomic E-state index is 0.201. The maximum Gasteiger partial charge on any atom is 0.183 e. The molecule has 1 aliphatic heterocycles. The van der Waals surface area contributed by atoms with Crippen molar-refractivity contribution >= 4 is 12.0 Å². The second-order valence-electron chi connectivity index (χ2n) is 2.31. The number of nitrogens with zero attached hydrogens (tertiary/aromatic N) is 1. The number of aromatic nitrogens is 1. The number of allylic oxidation sites excluding steroid dienone is 1. The molecule has 0 atom stereocenters. The first-order chi connectivity index (χ1) is 4.88. The van der Waals surface area contributed by atoms with Gasteiger partial charge in [0.25, 0.3) is 0 Å². The Morgan fingerprint density at radius 3 is 3.20 bits per heavy atom. The van der Waals surface area contributed by atoms with Crippen LogP contribution >= 0.6 is 0 Å². The predicted octanol–water partition coefficient (Wildman–Crippen LogP) is 1.55. The van der Waals surface area contributed by atoms with Gasteiger partial charge in [0.15, 0.2) is 5.78 Å². The van der Waals surface area contributed by atoms with Crippen LogP contribution in [-0.4, -0.2) is 10.4 Å². The van der Waals surface area contributed by atoms with Crippen molar-refractivity contribution in [1.82, 2.24) is 4.57 Å². The van der Waals surface area contributed by atoms with Crippen molar-refractivity contribution < 1.29 is 4.79 Å². The normalized spacial score (nSPS) is 15.4. The van der Waals surface area contributed by atoms with E-state index in [1.807, 2.05) is 35.2 Å². The first kappa shape index (κ1) is 5.47. The Labute approximate surface area is 58.8 Å². The van der Waals surface area contributed by atoms with Gasteiger partial charge in [-0.3, -0.25) is 4.79 Å². The van der Waals surface area contributed by atoms with Crippen LogP contribution < -0.4 is 0 Å². The van der Waals surface area contributed by atoms with Crippen molar-refractivity contribution in [3.8, 4) is 0 Å². The third kappa shape index (κ3) is 0.620. The minimum atomic E-state index is 0.201. The van der Waals surface area contributed by atoms with E-state index in [0.717, 1.165) is 5.69 Å². The van der Waals surface area contributed by atoms with Gasteiger partial charge in [-0.2, -0.15) is 0 Å². The van der Waals surface area contributed by atoms with E-state index >= 15 is 0 Å². The summed E-state index contributed by atoms with van der Waals surface area (Å²) in [5, 5.41) is 0. The molecule has 0 N–H and O–H groups in total. The van der Waals surface area contributed by atoms with E-state index in [-0.39, 0.29) is 5.78 Å². The van der Waals surface area contributed by atoms with Crippen LogP contribution in [-0.2, 0) is 0 Å². The Balaban J connectivity index is 2.62. The maximum absolute atomic E-state index is 11.1. The van der Waals surface area contributed by atoms with Crippen LogP contribution in [0.1, 0.15) is 16.9 Å². The van der Waals surface area contributed by atoms with Crippen LogP contribution in [0, 0.1) is 0 Å². The molecular formula is C8H7NO. The second-order valence-corrected chi connectivity index (χ2v) is 2.31. The van der Waals surface area contributed by atoms with Crippen molar-refractivity contribution in [3.05, 3.63) is 30.1 Å². The van der Waals surface area contributed by atoms with E-state index in [0.29, 0.717) is 6.42 Å². The maximum atomic E-state index is 11.1. The third-order valence-electron chi connectivity index (χ3n) is 1.63. The zero-order chi connectivity index (χ0) is 6.97. The number of Topliss-reactive ketones (excluding diaryl/α,β-unsaturated/α-hetero) is 1. The Morgan fingerprint density at radius 2 is 2.40 bits per heavy atom. The third-order valence-corrected chi connectivity index (χ3v) is 1.63. The highest BCUT2D eigenvalue weighted by Gasteiger charge is 2.10. The topological polar surface area (TPSA) is 22.0 Å². The van der Waals surface area contributed by atoms with E-state index in [1.165, 1.54) is 0 Å². The molecule has 0 amide bonds. The first-order valence-electron chi connectivity index (χ1n) is 3.24. The summed E-state index contributed by atoms with van der Waals surface area (Å²) >= 11 is 0. The highest BCUT2D eigenvalue weighted by molar-refractivity contribution is 5.97. The molecule has 0 saturated carbocycles. The van der Waals surface area contributed by atoms with Crippen molar-refractivity contribution in [3.63, 3.8) is 0 Å². The number of rotatable bonds is 0. The van der Waals surface area contributed by atoms with Gasteiger partial charge < -0.3 is 4.57 Å². The molecule has 1 aromatic rings. The van der Waals surface area contributed by atoms with Crippen molar-refractivity contribution in [2.75, 3.05) is 0 Å². The summed E-state index contributed by atoms with van der Waals surface area (Å²) in [4.78, 5) is 11.1. The quantitative estimate of drug-likeness (QED) is 0.526. The number of hydrogen-bond acceptors (Lipinski definition) is 1. The summed E-state index contributed by atoms with van der Waals surface area (Å²) in [6.45, 7) is 0. The van der Waals surface area contributed by atoms with Crippen LogP contribution in [0.25, 0.3) is 6.20 Å². The Hall–Kier alpha value is -1.31. The van der Waals surface area contributed by atoms with Gasteiger partial charge in [0.1, 0.15) is 0 Å². The fourth-order valence-electron chi connectivity index (χ4n) is 1.14. The van der Waals surface area contributed by atoms with Crippen LogP contribution in [0.15, 0.2) is 24.4 Å². The number of carbonyl (C=O) groups excluding carboxylic acids is 1. The zero-order valence-corrected chi connectivity index (χ0v) is 5.45. The van der Waals surface area contributed by atoms with Gasteiger partial charge in [0.05, 0.1) is 5.69 Å². The summed E-state index contributed by atoms with van der Waals surface area (Å²) in [5.41, 5.74) is 0.794. The summed E-state index contributed by atoms with van der Waals surface area (Å²) in [6, 6.07) is 3.72. The first-order valence-corrected chi connectivity index (χ1v) is 3.24. The molecule has 1 aliphatic rings. The van der Waals surface area contributed by atoms with Crippen LogP contribution in [0.5, 0.6) is 0 Å². The summed E-state index contributed by atoms with van der Waals surface area (Å²) in [7, 11) is 0. The highest BCUT2D eigenvalue weighted by atomic mass is 16.1. The smallest absolute Gasteiger partial charge is 0.183 e. The molecule has 0 bridgehead atoms. The summed E-state index contributed by atoms with van der Waals surface area (Å²) < 4.78 is 1.84. The molecule has 0 aliphatic carbocycles. The molecule has 0 radical (unpaired) electrons. The van der Waals surface area contributed by atoms with E-state index in [1.54, 1.807) is 0 Å². The Kier molecular flexibility index (Phi) is 1.01. The van der Waals surface area contributed by atoms with Crippen LogP contribution in [0.3, 0.4) is 0 Å². The minimum Gasteiger partial charge on any atom is -0.321 e. The molecule has 0 unspecified atom stereocenters. The molecule has 2 heterocycles. The predicted molar refractivity (Wildman–Crippen MR) is 38.7 cm³/mol. The fraction of sp³-hybridized carbons (Fsp3) is 0.125. The molecule has 50 valence electrons. The average Bonchev–Trinajstić information content (AvgIpc) is 2.36. The lowest BCUT2D eigenvalue weighted by Crippen LogP contribution is -2.06. The fourth-order valence-corrected chi connectivity index (χ4v) is 1.14. The molecule has 10 heavy (non-hydrogen) atoms. The SMILES string of the molecule is O=C1CC=Cn2cccc21. The van der Waals surface area contributed by atoms with E-state index < -0.39 is 0 Å². The Bertz CT molecular complexity index is 296. The van der Waals surface area contributed by atoms with E-state index in [2.05, 4.69) is 0 Å². The average molecular weight is 133 g/mol. The zero-order valence-electron chi connectivity index (χ0n) is 5.45. The standard InChI is InChI=1S/C8H7NO/c10-8-4-2-6-9-5-1-3-7(8)9/h1-3,5-6H,4H2. The van der Waals surface area contributed by atoms with Crippen molar-refractivity contribution in [1.29, 1.82) is 0 Å². The van der Waals surface area contributed by atoms with Gasteiger partial charge in [-0.05, 0) is 12.1 Å². The van der Waals surface area contributed by atoms with E-state index in [4.69, 9.17) is 0 Å².